The van der Waals surface area contributed by atoms with E-state index in [1.54, 1.807) is 23.5 Å². The molecule has 6 rings (SSSR count). The Hall–Kier alpha value is -5.20. The van der Waals surface area contributed by atoms with Gasteiger partial charge in [-0.15, -0.1) is 0 Å². The van der Waals surface area contributed by atoms with Crippen LogP contribution >= 0.6 is 0 Å². The molecule has 0 spiro atoms. The van der Waals surface area contributed by atoms with Crippen LogP contribution in [0.5, 0.6) is 5.75 Å². The molecule has 0 aliphatic carbocycles. The fraction of sp³-hybridized carbons (Fsp3) is 0.219. The van der Waals surface area contributed by atoms with E-state index in [9.17, 15) is 9.18 Å². The van der Waals surface area contributed by atoms with Crippen molar-refractivity contribution in [3.63, 3.8) is 0 Å². The maximum Gasteiger partial charge on any atom is 0.238 e. The zero-order chi connectivity index (χ0) is 30.8. The number of rotatable bonds is 10. The van der Waals surface area contributed by atoms with Crippen molar-refractivity contribution in [2.45, 2.75) is 0 Å². The molecule has 0 fully saturated rings. The van der Waals surface area contributed by atoms with Crippen molar-refractivity contribution in [2.24, 2.45) is 0 Å². The molecule has 0 aliphatic heterocycles. The molecule has 0 saturated carbocycles. The van der Waals surface area contributed by atoms with Crippen LogP contribution in [0.3, 0.4) is 0 Å². The lowest BCUT2D eigenvalue weighted by atomic mass is 10.0. The molecule has 4 heterocycles. The number of imidazole rings is 1. The van der Waals surface area contributed by atoms with E-state index in [2.05, 4.69) is 30.5 Å². The Labute approximate surface area is 253 Å². The molecule has 3 N–H and O–H groups in total. The number of aromatic amines is 2. The topological polar surface area (TPSA) is 128 Å². The van der Waals surface area contributed by atoms with E-state index in [-0.39, 0.29) is 12.5 Å². The number of carbonyl (C=O) groups is 1. The van der Waals surface area contributed by atoms with Crippen LogP contribution in [-0.4, -0.2) is 93.7 Å². The monoisotopic (exact) mass is 593 g/mol. The van der Waals surface area contributed by atoms with Crippen molar-refractivity contribution in [3.8, 4) is 39.5 Å². The summed E-state index contributed by atoms with van der Waals surface area (Å²) in [5, 5.41) is 11.4. The van der Waals surface area contributed by atoms with Crippen molar-refractivity contribution in [1.82, 2.24) is 39.9 Å². The van der Waals surface area contributed by atoms with Gasteiger partial charge in [0.05, 0.1) is 29.5 Å². The molecule has 224 valence electrons. The van der Waals surface area contributed by atoms with Crippen LogP contribution in [0.1, 0.15) is 0 Å². The number of likely N-dealkylation sites (N-methyl/N-ethyl adjacent to an activating group) is 2. The minimum atomic E-state index is -0.395. The van der Waals surface area contributed by atoms with E-state index in [0.29, 0.717) is 52.8 Å². The molecular formula is C32H32FN9O2. The lowest BCUT2D eigenvalue weighted by Gasteiger charge is -2.12. The summed E-state index contributed by atoms with van der Waals surface area (Å²) in [6, 6.07) is 14.3. The Balaban J connectivity index is 1.33. The zero-order valence-electron chi connectivity index (χ0n) is 24.8. The van der Waals surface area contributed by atoms with Crippen molar-refractivity contribution < 1.29 is 13.9 Å². The number of amides is 1. The molecule has 44 heavy (non-hydrogen) atoms. The summed E-state index contributed by atoms with van der Waals surface area (Å²) in [4.78, 5) is 32.9. The average molecular weight is 594 g/mol. The number of pyridine rings is 2. The largest absolute Gasteiger partial charge is 0.492 e. The second kappa shape index (κ2) is 12.2. The number of H-pyrrole nitrogens is 2. The lowest BCUT2D eigenvalue weighted by molar-refractivity contribution is -0.116. The first-order valence-corrected chi connectivity index (χ1v) is 14.1. The van der Waals surface area contributed by atoms with Crippen LogP contribution in [0.15, 0.2) is 67.1 Å². The van der Waals surface area contributed by atoms with Gasteiger partial charge in [0.15, 0.2) is 11.5 Å². The second-order valence-electron chi connectivity index (χ2n) is 11.1. The first kappa shape index (κ1) is 28.9. The highest BCUT2D eigenvalue weighted by molar-refractivity contribution is 5.98. The Morgan fingerprint density at radius 1 is 0.977 bits per heavy atom. The third kappa shape index (κ3) is 6.26. The number of fused-ring (bicyclic) bond motifs is 2. The van der Waals surface area contributed by atoms with Crippen LogP contribution in [0.2, 0.25) is 0 Å². The van der Waals surface area contributed by atoms with Gasteiger partial charge < -0.3 is 24.8 Å². The number of nitrogens with zero attached hydrogens (tertiary/aromatic N) is 6. The molecule has 11 nitrogen and oxygen atoms in total. The Bertz CT molecular complexity index is 1960. The number of anilines is 1. The van der Waals surface area contributed by atoms with E-state index in [1.165, 1.54) is 12.1 Å². The van der Waals surface area contributed by atoms with Gasteiger partial charge in [0.2, 0.25) is 5.91 Å². The van der Waals surface area contributed by atoms with Crippen LogP contribution in [0.4, 0.5) is 10.1 Å². The third-order valence-electron chi connectivity index (χ3n) is 6.98. The van der Waals surface area contributed by atoms with Crippen molar-refractivity contribution in [1.29, 1.82) is 0 Å². The Kier molecular flexibility index (Phi) is 8.01. The molecule has 0 radical (unpaired) electrons. The maximum absolute atomic E-state index is 14.6. The normalized spacial score (nSPS) is 11.6. The van der Waals surface area contributed by atoms with Crippen molar-refractivity contribution in [3.05, 3.63) is 72.9 Å². The first-order chi connectivity index (χ1) is 21.2. The molecule has 0 saturated heterocycles. The van der Waals surface area contributed by atoms with Gasteiger partial charge in [0.25, 0.3) is 0 Å². The summed E-state index contributed by atoms with van der Waals surface area (Å²) in [7, 11) is 7.59. The smallest absolute Gasteiger partial charge is 0.238 e. The summed E-state index contributed by atoms with van der Waals surface area (Å²) in [6.07, 6.45) is 5.02. The van der Waals surface area contributed by atoms with Gasteiger partial charge in [0.1, 0.15) is 23.9 Å². The van der Waals surface area contributed by atoms with Gasteiger partial charge >= 0.3 is 0 Å². The minimum absolute atomic E-state index is 0.120. The SMILES string of the molecule is CN(C)CCOc1cc(F)cc(-c2ccnc3nc(-c4n[nH]c5ccc(-c6cncc(NC(=O)CN(C)C)c6)cc45)[nH]c23)c1. The maximum atomic E-state index is 14.6. The predicted molar refractivity (Wildman–Crippen MR) is 169 cm³/mol. The fourth-order valence-electron chi connectivity index (χ4n) is 4.94. The van der Waals surface area contributed by atoms with Crippen LogP contribution in [-0.2, 0) is 4.79 Å². The molecule has 6 aromatic rings. The average Bonchev–Trinajstić information content (AvgIpc) is 3.60. The highest BCUT2D eigenvalue weighted by atomic mass is 19.1. The zero-order valence-corrected chi connectivity index (χ0v) is 24.8. The Morgan fingerprint density at radius 3 is 2.66 bits per heavy atom. The number of hydrogen-bond donors (Lipinski definition) is 3. The summed E-state index contributed by atoms with van der Waals surface area (Å²) in [5.74, 6) is 0.456. The standard InChI is InChI=1S/C32H32FN9O2/c1-41(2)9-10-44-24-13-20(11-22(33)15-24)25-7-8-35-31-29(25)37-32(38-31)30-26-14-19(5-6-27(26)39-40-30)21-12-23(17-34-16-21)36-28(43)18-42(3)4/h5-8,11-17H,9-10,18H2,1-4H3,(H,36,43)(H,39,40)(H,35,37,38). The summed E-state index contributed by atoms with van der Waals surface area (Å²) in [6.45, 7) is 1.42. The van der Waals surface area contributed by atoms with E-state index >= 15 is 0 Å². The molecule has 4 aromatic heterocycles. The first-order valence-electron chi connectivity index (χ1n) is 14.1. The third-order valence-corrected chi connectivity index (χ3v) is 6.98. The molecule has 0 atom stereocenters. The number of ether oxygens (including phenoxy) is 1. The van der Waals surface area contributed by atoms with Gasteiger partial charge in [-0.1, -0.05) is 6.07 Å². The second-order valence-corrected chi connectivity index (χ2v) is 11.1. The molecule has 0 aliphatic rings. The van der Waals surface area contributed by atoms with E-state index in [0.717, 1.165) is 27.6 Å². The summed E-state index contributed by atoms with van der Waals surface area (Å²) < 4.78 is 20.5. The number of nitrogens with one attached hydrogen (secondary N) is 3. The van der Waals surface area contributed by atoms with Gasteiger partial charge in [-0.3, -0.25) is 14.9 Å². The predicted octanol–water partition coefficient (Wildman–Crippen LogP) is 4.81. The number of halogens is 1. The Morgan fingerprint density at radius 2 is 1.84 bits per heavy atom. The van der Waals surface area contributed by atoms with Gasteiger partial charge in [0, 0.05) is 41.5 Å². The molecule has 2 aromatic carbocycles. The molecule has 12 heteroatoms. The van der Waals surface area contributed by atoms with Gasteiger partial charge in [-0.25, -0.2) is 14.4 Å². The number of hydrogen-bond acceptors (Lipinski definition) is 8. The van der Waals surface area contributed by atoms with E-state index in [4.69, 9.17) is 9.72 Å². The highest BCUT2D eigenvalue weighted by Crippen LogP contribution is 2.34. The van der Waals surface area contributed by atoms with Crippen LogP contribution in [0.25, 0.3) is 55.8 Å². The highest BCUT2D eigenvalue weighted by Gasteiger charge is 2.17. The van der Waals surface area contributed by atoms with Gasteiger partial charge in [-0.05, 0) is 75.7 Å². The molecular weight excluding hydrogens is 561 g/mol. The van der Waals surface area contributed by atoms with Crippen LogP contribution < -0.4 is 10.1 Å². The summed E-state index contributed by atoms with van der Waals surface area (Å²) in [5.41, 5.74) is 6.31. The minimum Gasteiger partial charge on any atom is -0.492 e. The van der Waals surface area contributed by atoms with Gasteiger partial charge in [-0.2, -0.15) is 5.10 Å². The van der Waals surface area contributed by atoms with Crippen LogP contribution in [0, 0.1) is 5.82 Å². The van der Waals surface area contributed by atoms with Crippen molar-refractivity contribution >= 4 is 33.7 Å². The molecule has 1 amide bonds. The molecule has 0 unspecified atom stereocenters. The van der Waals surface area contributed by atoms with Crippen molar-refractivity contribution in [2.75, 3.05) is 53.2 Å². The fourth-order valence-corrected chi connectivity index (χ4v) is 4.94. The van der Waals surface area contributed by atoms with E-state index < -0.39 is 5.82 Å². The number of benzene rings is 2. The molecule has 0 bridgehead atoms. The summed E-state index contributed by atoms with van der Waals surface area (Å²) >= 11 is 0. The lowest BCUT2D eigenvalue weighted by Crippen LogP contribution is -2.27. The van der Waals surface area contributed by atoms with E-state index in [1.807, 2.05) is 69.5 Å². The number of aromatic nitrogens is 6. The number of carbonyl (C=O) groups excluding carboxylic acids is 1. The quantitative estimate of drug-likeness (QED) is 0.207.